The molecule has 0 aliphatic carbocycles. The Bertz CT molecular complexity index is 794. The zero-order valence-corrected chi connectivity index (χ0v) is 9.58. The van der Waals surface area contributed by atoms with E-state index in [1.54, 1.807) is 13.1 Å². The molecular formula is C10H7N3O3S. The maximum absolute atomic E-state index is 11.6. The van der Waals surface area contributed by atoms with E-state index in [0.29, 0.717) is 16.1 Å². The van der Waals surface area contributed by atoms with E-state index < -0.39 is 11.2 Å². The molecule has 0 amide bonds. The minimum absolute atomic E-state index is 0.392. The number of rotatable bonds is 1. The van der Waals surface area contributed by atoms with Crippen molar-refractivity contribution < 1.29 is 4.42 Å². The van der Waals surface area contributed by atoms with Gasteiger partial charge in [-0.2, -0.15) is 0 Å². The molecular weight excluding hydrogens is 242 g/mol. The molecule has 0 fully saturated rings. The largest absolute Gasteiger partial charge is 0.444 e. The molecule has 3 heterocycles. The van der Waals surface area contributed by atoms with Gasteiger partial charge in [0, 0.05) is 7.05 Å². The lowest BCUT2D eigenvalue weighted by Gasteiger charge is -1.95. The van der Waals surface area contributed by atoms with Gasteiger partial charge in [0.05, 0.1) is 16.5 Å². The third kappa shape index (κ3) is 1.43. The summed E-state index contributed by atoms with van der Waals surface area (Å²) in [4.78, 5) is 30.6. The number of oxazole rings is 1. The van der Waals surface area contributed by atoms with Crippen molar-refractivity contribution in [3.05, 3.63) is 39.4 Å². The van der Waals surface area contributed by atoms with Crippen LogP contribution >= 0.6 is 11.3 Å². The number of thiophene rings is 1. The monoisotopic (exact) mass is 249 g/mol. The van der Waals surface area contributed by atoms with Crippen LogP contribution in [0.1, 0.15) is 0 Å². The van der Waals surface area contributed by atoms with Gasteiger partial charge in [0.1, 0.15) is 11.1 Å². The van der Waals surface area contributed by atoms with Crippen molar-refractivity contribution in [2.75, 3.05) is 0 Å². The molecule has 0 unspecified atom stereocenters. The lowest BCUT2D eigenvalue weighted by molar-refractivity contribution is 0.576. The van der Waals surface area contributed by atoms with Crippen molar-refractivity contribution in [3.8, 4) is 10.8 Å². The molecule has 1 N–H and O–H groups in total. The highest BCUT2D eigenvalue weighted by Crippen LogP contribution is 2.29. The Balaban J connectivity index is 2.41. The first-order valence-corrected chi connectivity index (χ1v) is 5.61. The zero-order valence-electron chi connectivity index (χ0n) is 8.76. The van der Waals surface area contributed by atoms with Crippen LogP contribution in [0.15, 0.2) is 32.5 Å². The zero-order chi connectivity index (χ0) is 12.0. The third-order valence-electron chi connectivity index (χ3n) is 2.43. The van der Waals surface area contributed by atoms with Crippen LogP contribution in [0.3, 0.4) is 0 Å². The Morgan fingerprint density at radius 2 is 2.29 bits per heavy atom. The molecule has 86 valence electrons. The van der Waals surface area contributed by atoms with Crippen molar-refractivity contribution in [2.24, 2.45) is 7.05 Å². The fourth-order valence-electron chi connectivity index (χ4n) is 1.58. The van der Waals surface area contributed by atoms with Gasteiger partial charge >= 0.3 is 5.69 Å². The molecule has 0 bridgehead atoms. The Morgan fingerprint density at radius 3 is 3.00 bits per heavy atom. The van der Waals surface area contributed by atoms with Gasteiger partial charge in [-0.3, -0.25) is 14.3 Å². The van der Waals surface area contributed by atoms with Crippen molar-refractivity contribution in [1.29, 1.82) is 0 Å². The number of hydrogen-bond donors (Lipinski definition) is 1. The quantitative estimate of drug-likeness (QED) is 0.696. The summed E-state index contributed by atoms with van der Waals surface area (Å²) in [5, 5.41) is 0.463. The molecule has 6 nitrogen and oxygen atoms in total. The van der Waals surface area contributed by atoms with E-state index in [1.807, 2.05) is 0 Å². The van der Waals surface area contributed by atoms with Crippen LogP contribution in [0.25, 0.3) is 21.0 Å². The number of aromatic nitrogens is 3. The number of hydrogen-bond acceptors (Lipinski definition) is 5. The van der Waals surface area contributed by atoms with Gasteiger partial charge in [-0.25, -0.2) is 9.78 Å². The Morgan fingerprint density at radius 1 is 1.47 bits per heavy atom. The number of nitrogens with one attached hydrogen (secondary N) is 1. The van der Waals surface area contributed by atoms with Crippen molar-refractivity contribution in [1.82, 2.24) is 14.5 Å². The first-order valence-electron chi connectivity index (χ1n) is 4.79. The van der Waals surface area contributed by atoms with Crippen LogP contribution in [-0.4, -0.2) is 14.5 Å². The molecule has 3 aromatic rings. The van der Waals surface area contributed by atoms with Crippen LogP contribution in [0.4, 0.5) is 0 Å². The summed E-state index contributed by atoms with van der Waals surface area (Å²) in [5.74, 6) is 0.443. The lowest BCUT2D eigenvalue weighted by Crippen LogP contribution is -2.27. The number of H-pyrrole nitrogens is 1. The summed E-state index contributed by atoms with van der Waals surface area (Å²) in [5.41, 5.74) is -0.819. The first-order chi connectivity index (χ1) is 8.16. The summed E-state index contributed by atoms with van der Waals surface area (Å²) < 4.78 is 6.56. The second kappa shape index (κ2) is 3.42. The van der Waals surface area contributed by atoms with Crippen LogP contribution in [0, 0.1) is 0 Å². The topological polar surface area (TPSA) is 80.9 Å². The molecule has 0 saturated heterocycles. The molecule has 3 aromatic heterocycles. The lowest BCUT2D eigenvalue weighted by atomic mass is 10.3. The van der Waals surface area contributed by atoms with Gasteiger partial charge in [0.2, 0.25) is 5.89 Å². The highest BCUT2D eigenvalue weighted by molar-refractivity contribution is 7.21. The molecule has 17 heavy (non-hydrogen) atoms. The molecule has 7 heteroatoms. The van der Waals surface area contributed by atoms with Gasteiger partial charge in [-0.15, -0.1) is 11.3 Å². The van der Waals surface area contributed by atoms with Crippen LogP contribution < -0.4 is 11.2 Å². The average Bonchev–Trinajstić information content (AvgIpc) is 2.94. The second-order valence-corrected chi connectivity index (χ2v) is 4.52. The maximum Gasteiger partial charge on any atom is 0.329 e. The minimum Gasteiger partial charge on any atom is -0.444 e. The SMILES string of the molecule is Cn1c(=O)[nH]c(=O)c2cc(-c3ncco3)sc21. The summed E-state index contributed by atoms with van der Waals surface area (Å²) >= 11 is 1.30. The molecule has 0 aliphatic rings. The van der Waals surface area contributed by atoms with E-state index in [0.717, 1.165) is 4.88 Å². The fourth-order valence-corrected chi connectivity index (χ4v) is 2.64. The summed E-state index contributed by atoms with van der Waals surface area (Å²) in [6.07, 6.45) is 2.99. The van der Waals surface area contributed by atoms with Crippen LogP contribution in [0.2, 0.25) is 0 Å². The van der Waals surface area contributed by atoms with E-state index >= 15 is 0 Å². The molecule has 0 aliphatic heterocycles. The number of aryl methyl sites for hydroxylation is 1. The Labute approximate surface area is 98.2 Å². The summed E-state index contributed by atoms with van der Waals surface area (Å²) in [6, 6.07) is 1.67. The number of aromatic amines is 1. The van der Waals surface area contributed by atoms with E-state index in [-0.39, 0.29) is 0 Å². The molecule has 0 radical (unpaired) electrons. The maximum atomic E-state index is 11.6. The van der Waals surface area contributed by atoms with E-state index in [4.69, 9.17) is 4.42 Å². The summed E-state index contributed by atoms with van der Waals surface area (Å²) in [6.45, 7) is 0. The van der Waals surface area contributed by atoms with Gasteiger partial charge in [-0.1, -0.05) is 0 Å². The molecule has 0 spiro atoms. The minimum atomic E-state index is -0.427. The second-order valence-electron chi connectivity index (χ2n) is 3.49. The van der Waals surface area contributed by atoms with Gasteiger partial charge in [0.25, 0.3) is 5.56 Å². The molecule has 0 saturated carbocycles. The average molecular weight is 249 g/mol. The fraction of sp³-hybridized carbons (Fsp3) is 0.100. The molecule has 0 atom stereocenters. The highest BCUT2D eigenvalue weighted by atomic mass is 32.1. The number of nitrogens with zero attached hydrogens (tertiary/aromatic N) is 2. The van der Waals surface area contributed by atoms with Crippen molar-refractivity contribution >= 4 is 21.6 Å². The van der Waals surface area contributed by atoms with Gasteiger partial charge in [-0.05, 0) is 6.07 Å². The standard InChI is InChI=1S/C10H7N3O3S/c1-13-9-5(7(14)12-10(13)15)4-6(17-9)8-11-2-3-16-8/h2-4H,1H3,(H,12,14,15). The van der Waals surface area contributed by atoms with Crippen molar-refractivity contribution in [3.63, 3.8) is 0 Å². The van der Waals surface area contributed by atoms with Crippen LogP contribution in [-0.2, 0) is 7.05 Å². The van der Waals surface area contributed by atoms with E-state index in [1.165, 1.54) is 28.4 Å². The first kappa shape index (κ1) is 10.0. The predicted octanol–water partition coefficient (Wildman–Crippen LogP) is 0.943. The normalized spacial score (nSPS) is 11.1. The van der Waals surface area contributed by atoms with Gasteiger partial charge < -0.3 is 4.42 Å². The molecule has 3 rings (SSSR count). The smallest absolute Gasteiger partial charge is 0.329 e. The van der Waals surface area contributed by atoms with E-state index in [2.05, 4.69) is 9.97 Å². The Kier molecular flexibility index (Phi) is 2.02. The predicted molar refractivity (Wildman–Crippen MR) is 63.2 cm³/mol. The van der Waals surface area contributed by atoms with Gasteiger partial charge in [0.15, 0.2) is 0 Å². The van der Waals surface area contributed by atoms with Crippen LogP contribution in [0.5, 0.6) is 0 Å². The van der Waals surface area contributed by atoms with E-state index in [9.17, 15) is 9.59 Å². The number of fused-ring (bicyclic) bond motifs is 1. The van der Waals surface area contributed by atoms with Crippen molar-refractivity contribution in [2.45, 2.75) is 0 Å². The highest BCUT2D eigenvalue weighted by Gasteiger charge is 2.13. The summed E-state index contributed by atoms with van der Waals surface area (Å²) in [7, 11) is 1.61. The Hall–Kier alpha value is -2.15. The molecule has 0 aromatic carbocycles. The third-order valence-corrected chi connectivity index (χ3v) is 3.63.